The van der Waals surface area contributed by atoms with Gasteiger partial charge in [-0.05, 0) is 24.6 Å². The molecule has 0 saturated carbocycles. The van der Waals surface area contributed by atoms with Crippen LogP contribution >= 0.6 is 0 Å². The number of ether oxygens (including phenoxy) is 1. The molecule has 0 radical (unpaired) electrons. The lowest BCUT2D eigenvalue weighted by Crippen LogP contribution is -2.37. The highest BCUT2D eigenvalue weighted by atomic mass is 16.5. The number of hydrogen-bond donors (Lipinski definition) is 1. The van der Waals surface area contributed by atoms with Gasteiger partial charge in [0.1, 0.15) is 5.65 Å². The normalized spacial score (nSPS) is 16.7. The third-order valence-electron chi connectivity index (χ3n) is 4.99. The van der Waals surface area contributed by atoms with Crippen molar-refractivity contribution < 1.29 is 14.6 Å². The molecule has 1 aromatic carbocycles. The van der Waals surface area contributed by atoms with Crippen LogP contribution in [0.4, 0.5) is 0 Å². The highest BCUT2D eigenvalue weighted by Crippen LogP contribution is 2.28. The Morgan fingerprint density at radius 3 is 2.58 bits per heavy atom. The maximum absolute atomic E-state index is 11.7. The van der Waals surface area contributed by atoms with Crippen molar-refractivity contribution in [3.63, 3.8) is 0 Å². The molecule has 6 heteroatoms. The van der Waals surface area contributed by atoms with Crippen LogP contribution < -0.4 is 0 Å². The summed E-state index contributed by atoms with van der Waals surface area (Å²) in [5.41, 5.74) is 3.37. The van der Waals surface area contributed by atoms with Crippen molar-refractivity contribution in [3.8, 4) is 11.3 Å². The highest BCUT2D eigenvalue weighted by Gasteiger charge is 2.21. The maximum atomic E-state index is 11.7. The van der Waals surface area contributed by atoms with Crippen molar-refractivity contribution in [1.82, 2.24) is 14.3 Å². The van der Waals surface area contributed by atoms with Gasteiger partial charge in [0.25, 0.3) is 0 Å². The Hall–Kier alpha value is -2.70. The van der Waals surface area contributed by atoms with Crippen LogP contribution in [-0.4, -0.2) is 51.7 Å². The molecule has 4 rings (SSSR count). The Bertz CT molecular complexity index is 927. The van der Waals surface area contributed by atoms with E-state index >= 15 is 0 Å². The number of rotatable bonds is 4. The fraction of sp³-hybridized carbons (Fsp3) is 0.300. The number of pyridine rings is 1. The summed E-state index contributed by atoms with van der Waals surface area (Å²) in [6.07, 6.45) is 1.84. The van der Waals surface area contributed by atoms with E-state index in [2.05, 4.69) is 28.9 Å². The molecule has 1 atom stereocenters. The van der Waals surface area contributed by atoms with E-state index in [1.54, 1.807) is 0 Å². The molecule has 1 fully saturated rings. The molecule has 0 amide bonds. The van der Waals surface area contributed by atoms with Gasteiger partial charge < -0.3 is 9.84 Å². The van der Waals surface area contributed by atoms with E-state index in [0.29, 0.717) is 17.4 Å². The second kappa shape index (κ2) is 6.90. The number of fused-ring (bicyclic) bond motifs is 1. The van der Waals surface area contributed by atoms with Gasteiger partial charge in [-0.15, -0.1) is 0 Å². The predicted octanol–water partition coefficient (Wildman–Crippen LogP) is 3.09. The lowest BCUT2D eigenvalue weighted by Gasteiger charge is -2.32. The van der Waals surface area contributed by atoms with E-state index in [-0.39, 0.29) is 5.69 Å². The molecule has 1 aliphatic rings. The molecule has 6 nitrogen and oxygen atoms in total. The maximum Gasteiger partial charge on any atom is 0.356 e. The topological polar surface area (TPSA) is 67.1 Å². The Morgan fingerprint density at radius 1 is 1.15 bits per heavy atom. The molecule has 1 aliphatic heterocycles. The van der Waals surface area contributed by atoms with Crippen molar-refractivity contribution in [2.45, 2.75) is 13.0 Å². The van der Waals surface area contributed by atoms with Crippen molar-refractivity contribution in [2.75, 3.05) is 26.3 Å². The quantitative estimate of drug-likeness (QED) is 0.782. The zero-order valence-electron chi connectivity index (χ0n) is 14.6. The van der Waals surface area contributed by atoms with Crippen LogP contribution in [0.15, 0.2) is 48.7 Å². The van der Waals surface area contributed by atoms with E-state index in [0.717, 1.165) is 31.9 Å². The van der Waals surface area contributed by atoms with Gasteiger partial charge in [0.2, 0.25) is 0 Å². The monoisotopic (exact) mass is 351 g/mol. The van der Waals surface area contributed by atoms with E-state index in [1.165, 1.54) is 5.56 Å². The number of carboxylic acid groups (broad SMARTS) is 1. The Kier molecular flexibility index (Phi) is 4.44. The molecule has 0 unspecified atom stereocenters. The van der Waals surface area contributed by atoms with Gasteiger partial charge in [0.05, 0.1) is 18.9 Å². The molecule has 0 aliphatic carbocycles. The number of carboxylic acids is 1. The molecular weight excluding hydrogens is 330 g/mol. The summed E-state index contributed by atoms with van der Waals surface area (Å²) < 4.78 is 7.25. The van der Waals surface area contributed by atoms with Gasteiger partial charge in [0, 0.05) is 30.9 Å². The minimum atomic E-state index is -1.02. The standard InChI is InChI=1S/C20H21N3O3/c1-14(22-10-12-26-13-11-22)15-5-7-16(8-6-15)19-18(20(24)25)21-17-4-2-3-9-23(17)19/h2-9,14H,10-13H2,1H3,(H,24,25)/t14-/m0/s1. The average Bonchev–Trinajstić information content (AvgIpc) is 3.08. The first-order chi connectivity index (χ1) is 12.6. The Labute approximate surface area is 151 Å². The number of morpholine rings is 1. The molecule has 134 valence electrons. The van der Waals surface area contributed by atoms with Crippen LogP contribution in [-0.2, 0) is 4.74 Å². The lowest BCUT2D eigenvalue weighted by atomic mass is 10.0. The predicted molar refractivity (Wildman–Crippen MR) is 98.4 cm³/mol. The van der Waals surface area contributed by atoms with Crippen molar-refractivity contribution in [1.29, 1.82) is 0 Å². The van der Waals surface area contributed by atoms with E-state index in [1.807, 2.05) is 40.9 Å². The molecule has 2 aromatic heterocycles. The van der Waals surface area contributed by atoms with Gasteiger partial charge in [0.15, 0.2) is 5.69 Å². The second-order valence-corrected chi connectivity index (χ2v) is 6.49. The Morgan fingerprint density at radius 2 is 1.88 bits per heavy atom. The summed E-state index contributed by atoms with van der Waals surface area (Å²) in [5.74, 6) is -1.02. The fourth-order valence-corrected chi connectivity index (χ4v) is 3.52. The van der Waals surface area contributed by atoms with E-state index < -0.39 is 5.97 Å². The van der Waals surface area contributed by atoms with Crippen LogP contribution in [0, 0.1) is 0 Å². The van der Waals surface area contributed by atoms with Crippen LogP contribution in [0.3, 0.4) is 0 Å². The molecule has 26 heavy (non-hydrogen) atoms. The zero-order chi connectivity index (χ0) is 18.1. The molecule has 3 heterocycles. The number of benzene rings is 1. The highest BCUT2D eigenvalue weighted by molar-refractivity contribution is 5.94. The van der Waals surface area contributed by atoms with Gasteiger partial charge in [-0.2, -0.15) is 0 Å². The summed E-state index contributed by atoms with van der Waals surface area (Å²) in [5, 5.41) is 9.55. The average molecular weight is 351 g/mol. The van der Waals surface area contributed by atoms with Crippen LogP contribution in [0.25, 0.3) is 16.9 Å². The SMILES string of the molecule is C[C@@H](c1ccc(-c2c(C(=O)O)nc3ccccn23)cc1)N1CCOCC1. The van der Waals surface area contributed by atoms with Crippen LogP contribution in [0.2, 0.25) is 0 Å². The van der Waals surface area contributed by atoms with Crippen molar-refractivity contribution >= 4 is 11.6 Å². The number of aromatic carboxylic acids is 1. The van der Waals surface area contributed by atoms with Crippen LogP contribution in [0.5, 0.6) is 0 Å². The smallest absolute Gasteiger partial charge is 0.356 e. The summed E-state index contributed by atoms with van der Waals surface area (Å²) in [4.78, 5) is 18.3. The minimum Gasteiger partial charge on any atom is -0.476 e. The van der Waals surface area contributed by atoms with Crippen molar-refractivity contribution in [2.24, 2.45) is 0 Å². The molecular formula is C20H21N3O3. The summed E-state index contributed by atoms with van der Waals surface area (Å²) in [7, 11) is 0. The molecule has 1 N–H and O–H groups in total. The van der Waals surface area contributed by atoms with Crippen molar-refractivity contribution in [3.05, 3.63) is 59.9 Å². The molecule has 1 saturated heterocycles. The first-order valence-electron chi connectivity index (χ1n) is 8.77. The largest absolute Gasteiger partial charge is 0.476 e. The minimum absolute atomic E-state index is 0.0742. The number of aromatic nitrogens is 2. The van der Waals surface area contributed by atoms with Gasteiger partial charge in [-0.3, -0.25) is 9.30 Å². The van der Waals surface area contributed by atoms with E-state index in [4.69, 9.17) is 4.74 Å². The Balaban J connectivity index is 1.70. The zero-order valence-corrected chi connectivity index (χ0v) is 14.6. The van der Waals surface area contributed by atoms with Crippen LogP contribution in [0.1, 0.15) is 29.0 Å². The van der Waals surface area contributed by atoms with Gasteiger partial charge in [-0.1, -0.05) is 30.3 Å². The number of carbonyl (C=O) groups is 1. The number of hydrogen-bond acceptors (Lipinski definition) is 4. The number of nitrogens with zero attached hydrogens (tertiary/aromatic N) is 3. The summed E-state index contributed by atoms with van der Waals surface area (Å²) in [6, 6.07) is 13.9. The third kappa shape index (κ3) is 2.98. The third-order valence-corrected chi connectivity index (χ3v) is 4.99. The second-order valence-electron chi connectivity index (χ2n) is 6.49. The fourth-order valence-electron chi connectivity index (χ4n) is 3.52. The molecule has 3 aromatic rings. The van der Waals surface area contributed by atoms with Gasteiger partial charge >= 0.3 is 5.97 Å². The molecule has 0 spiro atoms. The number of imidazole rings is 1. The summed E-state index contributed by atoms with van der Waals surface area (Å²) >= 11 is 0. The first kappa shape index (κ1) is 16.8. The summed E-state index contributed by atoms with van der Waals surface area (Å²) in [6.45, 7) is 5.59. The van der Waals surface area contributed by atoms with E-state index in [9.17, 15) is 9.90 Å². The first-order valence-corrected chi connectivity index (χ1v) is 8.77. The van der Waals surface area contributed by atoms with Gasteiger partial charge in [-0.25, -0.2) is 9.78 Å². The lowest BCUT2D eigenvalue weighted by molar-refractivity contribution is 0.0198. The molecule has 0 bridgehead atoms.